The number of hydrogen-bond acceptors (Lipinski definition) is 5. The van der Waals surface area contributed by atoms with Crippen LogP contribution in [0.5, 0.6) is 5.75 Å². The molecular formula is C23H26N4O2. The van der Waals surface area contributed by atoms with Gasteiger partial charge in [0, 0.05) is 19.2 Å². The van der Waals surface area contributed by atoms with E-state index in [0.717, 1.165) is 46.9 Å². The quantitative estimate of drug-likeness (QED) is 0.681. The lowest BCUT2D eigenvalue weighted by atomic mass is 10.1. The highest BCUT2D eigenvalue weighted by molar-refractivity contribution is 5.97. The highest BCUT2D eigenvalue weighted by atomic mass is 16.5. The number of ether oxygens (including phenoxy) is 1. The van der Waals surface area contributed by atoms with Crippen LogP contribution in [0.15, 0.2) is 42.5 Å². The van der Waals surface area contributed by atoms with Crippen molar-refractivity contribution in [2.75, 3.05) is 31.6 Å². The molecule has 0 spiro atoms. The van der Waals surface area contributed by atoms with Crippen molar-refractivity contribution in [3.63, 3.8) is 0 Å². The standard InChI is InChI=1S/C23H26N4O2/c1-5-27-14-18(29-22-9-7-6-8-21(22)27)13-26(4)23(28)17-10-11-19-20(12-17)25-16(3)15(2)24-19/h6-12,18H,5,13-14H2,1-4H3/t18-/m0/s1. The van der Waals surface area contributed by atoms with E-state index in [1.54, 1.807) is 4.90 Å². The van der Waals surface area contributed by atoms with E-state index in [2.05, 4.69) is 27.9 Å². The van der Waals surface area contributed by atoms with E-state index >= 15 is 0 Å². The molecule has 0 saturated heterocycles. The van der Waals surface area contributed by atoms with Crippen molar-refractivity contribution < 1.29 is 9.53 Å². The van der Waals surface area contributed by atoms with Crippen LogP contribution in [0.4, 0.5) is 5.69 Å². The minimum atomic E-state index is -0.0797. The fourth-order valence-electron chi connectivity index (χ4n) is 3.75. The molecular weight excluding hydrogens is 364 g/mol. The summed E-state index contributed by atoms with van der Waals surface area (Å²) in [5.74, 6) is 0.829. The summed E-state index contributed by atoms with van der Waals surface area (Å²) in [7, 11) is 1.82. The predicted octanol–water partition coefficient (Wildman–Crippen LogP) is 3.61. The van der Waals surface area contributed by atoms with Crippen molar-refractivity contribution in [2.45, 2.75) is 26.9 Å². The molecule has 0 radical (unpaired) electrons. The fourth-order valence-corrected chi connectivity index (χ4v) is 3.75. The Labute approximate surface area is 171 Å². The summed E-state index contributed by atoms with van der Waals surface area (Å²) in [6.45, 7) is 8.17. The Bertz CT molecular complexity index is 1070. The molecule has 0 saturated carbocycles. The number of amides is 1. The highest BCUT2D eigenvalue weighted by Gasteiger charge is 2.27. The molecule has 6 nitrogen and oxygen atoms in total. The van der Waals surface area contributed by atoms with Gasteiger partial charge in [-0.15, -0.1) is 0 Å². The minimum Gasteiger partial charge on any atom is -0.485 e. The van der Waals surface area contributed by atoms with Crippen molar-refractivity contribution >= 4 is 22.6 Å². The SMILES string of the molecule is CCN1C[C@H](CN(C)C(=O)c2ccc3nc(C)c(C)nc3c2)Oc2ccccc21. The molecule has 0 unspecified atom stereocenters. The fraction of sp³-hybridized carbons (Fsp3) is 0.348. The molecule has 1 aliphatic heterocycles. The molecule has 29 heavy (non-hydrogen) atoms. The van der Waals surface area contributed by atoms with Gasteiger partial charge < -0.3 is 14.5 Å². The Kier molecular flexibility index (Phi) is 5.09. The van der Waals surface area contributed by atoms with Gasteiger partial charge >= 0.3 is 0 Å². The van der Waals surface area contributed by atoms with E-state index < -0.39 is 0 Å². The summed E-state index contributed by atoms with van der Waals surface area (Å²) in [6, 6.07) is 13.6. The summed E-state index contributed by atoms with van der Waals surface area (Å²) in [6.07, 6.45) is -0.0797. The van der Waals surface area contributed by atoms with E-state index in [0.29, 0.717) is 12.1 Å². The molecule has 1 atom stereocenters. The number of aromatic nitrogens is 2. The largest absolute Gasteiger partial charge is 0.485 e. The van der Waals surface area contributed by atoms with Gasteiger partial charge in [-0.2, -0.15) is 0 Å². The maximum Gasteiger partial charge on any atom is 0.253 e. The van der Waals surface area contributed by atoms with E-state index in [9.17, 15) is 4.79 Å². The second-order valence-corrected chi connectivity index (χ2v) is 7.53. The lowest BCUT2D eigenvalue weighted by Crippen LogP contribution is -2.46. The molecule has 150 valence electrons. The van der Waals surface area contributed by atoms with E-state index in [1.165, 1.54) is 0 Å². The van der Waals surface area contributed by atoms with Crippen LogP contribution in [0.1, 0.15) is 28.7 Å². The Morgan fingerprint density at radius 2 is 1.86 bits per heavy atom. The number of aryl methyl sites for hydroxylation is 2. The summed E-state index contributed by atoms with van der Waals surface area (Å²) in [5, 5.41) is 0. The first-order valence-corrected chi connectivity index (χ1v) is 9.97. The summed E-state index contributed by atoms with van der Waals surface area (Å²) in [4.78, 5) is 26.1. The van der Waals surface area contributed by atoms with E-state index in [1.807, 2.05) is 57.3 Å². The third-order valence-corrected chi connectivity index (χ3v) is 5.45. The van der Waals surface area contributed by atoms with Crippen molar-refractivity contribution in [1.29, 1.82) is 0 Å². The average molecular weight is 390 g/mol. The van der Waals surface area contributed by atoms with Gasteiger partial charge in [0.1, 0.15) is 11.9 Å². The molecule has 3 aromatic rings. The lowest BCUT2D eigenvalue weighted by molar-refractivity contribution is 0.0709. The third-order valence-electron chi connectivity index (χ3n) is 5.45. The topological polar surface area (TPSA) is 58.6 Å². The number of hydrogen-bond donors (Lipinski definition) is 0. The molecule has 0 fully saturated rings. The smallest absolute Gasteiger partial charge is 0.253 e. The molecule has 1 aromatic heterocycles. The summed E-state index contributed by atoms with van der Waals surface area (Å²) in [5.41, 5.74) is 5.05. The van der Waals surface area contributed by atoms with Crippen molar-refractivity contribution in [2.24, 2.45) is 0 Å². The molecule has 0 aliphatic carbocycles. The van der Waals surface area contributed by atoms with Gasteiger partial charge in [-0.3, -0.25) is 4.79 Å². The molecule has 1 amide bonds. The number of rotatable bonds is 4. The normalized spacial score (nSPS) is 15.7. The first-order chi connectivity index (χ1) is 14.0. The maximum atomic E-state index is 13.0. The van der Waals surface area contributed by atoms with Gasteiger partial charge in [-0.25, -0.2) is 9.97 Å². The second kappa shape index (κ2) is 7.70. The Morgan fingerprint density at radius 1 is 1.14 bits per heavy atom. The van der Waals surface area contributed by atoms with Crippen LogP contribution < -0.4 is 9.64 Å². The highest BCUT2D eigenvalue weighted by Crippen LogP contribution is 2.33. The Morgan fingerprint density at radius 3 is 2.62 bits per heavy atom. The maximum absolute atomic E-state index is 13.0. The molecule has 2 aromatic carbocycles. The van der Waals surface area contributed by atoms with Crippen LogP contribution in [-0.4, -0.2) is 53.6 Å². The lowest BCUT2D eigenvalue weighted by Gasteiger charge is -2.37. The summed E-state index contributed by atoms with van der Waals surface area (Å²) < 4.78 is 6.16. The number of benzene rings is 2. The molecule has 4 rings (SSSR count). The number of para-hydroxylation sites is 2. The number of likely N-dealkylation sites (N-methyl/N-ethyl adjacent to an activating group) is 2. The molecule has 0 N–H and O–H groups in total. The van der Waals surface area contributed by atoms with Crippen LogP contribution in [0.2, 0.25) is 0 Å². The minimum absolute atomic E-state index is 0.0440. The van der Waals surface area contributed by atoms with E-state index in [4.69, 9.17) is 4.74 Å². The number of carbonyl (C=O) groups is 1. The zero-order chi connectivity index (χ0) is 20.5. The van der Waals surface area contributed by atoms with Crippen LogP contribution >= 0.6 is 0 Å². The number of carbonyl (C=O) groups excluding carboxylic acids is 1. The number of nitrogens with zero attached hydrogens (tertiary/aromatic N) is 4. The monoisotopic (exact) mass is 390 g/mol. The van der Waals surface area contributed by atoms with Gasteiger partial charge in [-0.05, 0) is 51.1 Å². The third kappa shape index (κ3) is 3.75. The predicted molar refractivity (Wildman–Crippen MR) is 115 cm³/mol. The van der Waals surface area contributed by atoms with Crippen LogP contribution in [0, 0.1) is 13.8 Å². The number of anilines is 1. The van der Waals surface area contributed by atoms with Gasteiger partial charge in [0.15, 0.2) is 0 Å². The number of fused-ring (bicyclic) bond motifs is 2. The van der Waals surface area contributed by atoms with Crippen LogP contribution in [0.3, 0.4) is 0 Å². The Balaban J connectivity index is 1.51. The average Bonchev–Trinajstić information content (AvgIpc) is 2.73. The molecule has 0 bridgehead atoms. The van der Waals surface area contributed by atoms with Crippen molar-refractivity contribution in [3.8, 4) is 5.75 Å². The Hall–Kier alpha value is -3.15. The van der Waals surface area contributed by atoms with Crippen LogP contribution in [0.25, 0.3) is 11.0 Å². The molecule has 6 heteroatoms. The van der Waals surface area contributed by atoms with Crippen molar-refractivity contribution in [1.82, 2.24) is 14.9 Å². The van der Waals surface area contributed by atoms with E-state index in [-0.39, 0.29) is 12.0 Å². The first-order valence-electron chi connectivity index (χ1n) is 9.97. The summed E-state index contributed by atoms with van der Waals surface area (Å²) >= 11 is 0. The first kappa shape index (κ1) is 19.2. The molecule has 1 aliphatic rings. The van der Waals surface area contributed by atoms with Gasteiger partial charge in [0.05, 0.1) is 41.2 Å². The van der Waals surface area contributed by atoms with Crippen LogP contribution in [-0.2, 0) is 0 Å². The van der Waals surface area contributed by atoms with Gasteiger partial charge in [0.2, 0.25) is 0 Å². The van der Waals surface area contributed by atoms with Gasteiger partial charge in [0.25, 0.3) is 5.91 Å². The zero-order valence-electron chi connectivity index (χ0n) is 17.3. The molecule has 2 heterocycles. The second-order valence-electron chi connectivity index (χ2n) is 7.53. The van der Waals surface area contributed by atoms with Crippen molar-refractivity contribution in [3.05, 3.63) is 59.4 Å². The zero-order valence-corrected chi connectivity index (χ0v) is 17.3. The van der Waals surface area contributed by atoms with Gasteiger partial charge in [-0.1, -0.05) is 12.1 Å².